The highest BCUT2D eigenvalue weighted by Gasteiger charge is 2.16. The van der Waals surface area contributed by atoms with Gasteiger partial charge >= 0.3 is 0 Å². The molecule has 20 heavy (non-hydrogen) atoms. The summed E-state index contributed by atoms with van der Waals surface area (Å²) in [6.45, 7) is 5.65. The Morgan fingerprint density at radius 1 is 1.55 bits per heavy atom. The molecule has 0 aliphatic carbocycles. The maximum absolute atomic E-state index is 11.9. The van der Waals surface area contributed by atoms with E-state index in [-0.39, 0.29) is 17.8 Å². The molecule has 1 atom stereocenters. The minimum absolute atomic E-state index is 0.110. The number of aromatic nitrogens is 1. The summed E-state index contributed by atoms with van der Waals surface area (Å²) in [5.74, 6) is -0.148. The van der Waals surface area contributed by atoms with Gasteiger partial charge in [0.15, 0.2) is 0 Å². The Morgan fingerprint density at radius 2 is 2.20 bits per heavy atom. The second-order valence-electron chi connectivity index (χ2n) is 5.08. The van der Waals surface area contributed by atoms with Gasteiger partial charge < -0.3 is 10.4 Å². The van der Waals surface area contributed by atoms with E-state index in [1.54, 1.807) is 6.92 Å². The van der Waals surface area contributed by atoms with Crippen LogP contribution in [0.4, 0.5) is 5.69 Å². The van der Waals surface area contributed by atoms with Gasteiger partial charge in [0.05, 0.1) is 22.3 Å². The quantitative estimate of drug-likeness (QED) is 0.606. The molecule has 0 radical (unpaired) electrons. The zero-order valence-corrected chi connectivity index (χ0v) is 11.8. The number of hydrogen-bond acceptors (Lipinski definition) is 5. The Labute approximate surface area is 117 Å². The zero-order chi connectivity index (χ0) is 15.3. The lowest BCUT2D eigenvalue weighted by molar-refractivity contribution is -0.385. The van der Waals surface area contributed by atoms with Crippen molar-refractivity contribution in [1.82, 2.24) is 10.3 Å². The van der Waals surface area contributed by atoms with Crippen molar-refractivity contribution in [2.24, 2.45) is 5.92 Å². The van der Waals surface area contributed by atoms with Crippen LogP contribution in [0.2, 0.25) is 0 Å². The summed E-state index contributed by atoms with van der Waals surface area (Å²) in [4.78, 5) is 25.8. The largest absolute Gasteiger partial charge is 0.391 e. The van der Waals surface area contributed by atoms with Crippen molar-refractivity contribution in [1.29, 1.82) is 0 Å². The molecule has 110 valence electrons. The van der Waals surface area contributed by atoms with Gasteiger partial charge in [-0.25, -0.2) is 0 Å². The zero-order valence-electron chi connectivity index (χ0n) is 11.8. The molecule has 1 heterocycles. The van der Waals surface area contributed by atoms with Crippen LogP contribution in [-0.2, 0) is 0 Å². The van der Waals surface area contributed by atoms with Gasteiger partial charge in [-0.2, -0.15) is 0 Å². The van der Waals surface area contributed by atoms with Crippen molar-refractivity contribution in [3.05, 3.63) is 33.6 Å². The molecule has 1 rings (SSSR count). The summed E-state index contributed by atoms with van der Waals surface area (Å²) in [6, 6.07) is 1.19. The van der Waals surface area contributed by atoms with Crippen molar-refractivity contribution < 1.29 is 14.8 Å². The van der Waals surface area contributed by atoms with Crippen LogP contribution < -0.4 is 5.32 Å². The number of rotatable bonds is 6. The number of carbonyl (C=O) groups is 1. The Morgan fingerprint density at radius 3 is 2.75 bits per heavy atom. The van der Waals surface area contributed by atoms with Gasteiger partial charge in [0.2, 0.25) is 0 Å². The van der Waals surface area contributed by atoms with E-state index in [1.807, 2.05) is 13.8 Å². The molecule has 1 unspecified atom stereocenters. The van der Waals surface area contributed by atoms with Crippen LogP contribution in [0.3, 0.4) is 0 Å². The van der Waals surface area contributed by atoms with Gasteiger partial charge in [-0.05, 0) is 19.3 Å². The van der Waals surface area contributed by atoms with Gasteiger partial charge in [0, 0.05) is 12.6 Å². The SMILES string of the molecule is Cc1ncc([N+](=O)[O-])cc1C(=O)NCC(O)CC(C)C. The van der Waals surface area contributed by atoms with E-state index >= 15 is 0 Å². The highest BCUT2D eigenvalue weighted by atomic mass is 16.6. The molecule has 0 spiro atoms. The minimum atomic E-state index is -0.633. The maximum Gasteiger partial charge on any atom is 0.288 e. The Balaban J connectivity index is 2.72. The summed E-state index contributed by atoms with van der Waals surface area (Å²) < 4.78 is 0. The number of aryl methyl sites for hydroxylation is 1. The standard InChI is InChI=1S/C13H19N3O4/c1-8(2)4-11(17)7-15-13(18)12-5-10(16(19)20)6-14-9(12)3/h5-6,8,11,17H,4,7H2,1-3H3,(H,15,18). The summed E-state index contributed by atoms with van der Waals surface area (Å²) in [7, 11) is 0. The van der Waals surface area contributed by atoms with Crippen molar-refractivity contribution in [2.45, 2.75) is 33.3 Å². The highest BCUT2D eigenvalue weighted by molar-refractivity contribution is 5.95. The average molecular weight is 281 g/mol. The Hall–Kier alpha value is -2.02. The molecule has 0 fully saturated rings. The highest BCUT2D eigenvalue weighted by Crippen LogP contribution is 2.14. The topological polar surface area (TPSA) is 105 Å². The average Bonchev–Trinajstić information content (AvgIpc) is 2.35. The van der Waals surface area contributed by atoms with Gasteiger partial charge in [-0.1, -0.05) is 13.8 Å². The fraction of sp³-hybridized carbons (Fsp3) is 0.538. The normalized spacial score (nSPS) is 12.2. The van der Waals surface area contributed by atoms with Gasteiger partial charge in [-0.15, -0.1) is 0 Å². The van der Waals surface area contributed by atoms with Crippen LogP contribution in [-0.4, -0.2) is 33.6 Å². The Bertz CT molecular complexity index is 502. The van der Waals surface area contributed by atoms with Crippen molar-refractivity contribution in [3.8, 4) is 0 Å². The van der Waals surface area contributed by atoms with E-state index in [0.717, 1.165) is 6.20 Å². The van der Waals surface area contributed by atoms with Crippen LogP contribution in [0.1, 0.15) is 36.3 Å². The number of nitrogens with one attached hydrogen (secondary N) is 1. The predicted octanol–water partition coefficient (Wildman–Crippen LogP) is 1.44. The lowest BCUT2D eigenvalue weighted by Crippen LogP contribution is -2.33. The van der Waals surface area contributed by atoms with Crippen molar-refractivity contribution in [2.75, 3.05) is 6.54 Å². The molecule has 0 aromatic carbocycles. The lowest BCUT2D eigenvalue weighted by Gasteiger charge is -2.14. The first-order chi connectivity index (χ1) is 9.31. The monoisotopic (exact) mass is 281 g/mol. The number of carbonyl (C=O) groups excluding carboxylic acids is 1. The Kier molecular flexibility index (Phi) is 5.57. The van der Waals surface area contributed by atoms with Gasteiger partial charge in [-0.3, -0.25) is 19.9 Å². The van der Waals surface area contributed by atoms with E-state index < -0.39 is 16.9 Å². The minimum Gasteiger partial charge on any atom is -0.391 e. The van der Waals surface area contributed by atoms with Crippen molar-refractivity contribution in [3.63, 3.8) is 0 Å². The fourth-order valence-electron chi connectivity index (χ4n) is 1.79. The second kappa shape index (κ2) is 6.95. The van der Waals surface area contributed by atoms with Crippen molar-refractivity contribution >= 4 is 11.6 Å². The van der Waals surface area contributed by atoms with E-state index in [4.69, 9.17) is 0 Å². The molecule has 1 amide bonds. The molecule has 0 saturated heterocycles. The molecular formula is C13H19N3O4. The van der Waals surface area contributed by atoms with Crippen LogP contribution >= 0.6 is 0 Å². The number of amides is 1. The number of pyridine rings is 1. The summed E-state index contributed by atoms with van der Waals surface area (Å²) in [5, 5.41) is 22.9. The molecule has 0 saturated carbocycles. The van der Waals surface area contributed by atoms with Crippen LogP contribution in [0.5, 0.6) is 0 Å². The fourth-order valence-corrected chi connectivity index (χ4v) is 1.79. The number of hydrogen-bond donors (Lipinski definition) is 2. The number of aliphatic hydroxyl groups is 1. The van der Waals surface area contributed by atoms with E-state index in [0.29, 0.717) is 18.0 Å². The molecule has 0 aliphatic heterocycles. The van der Waals surface area contributed by atoms with E-state index in [1.165, 1.54) is 6.07 Å². The summed E-state index contributed by atoms with van der Waals surface area (Å²) >= 11 is 0. The van der Waals surface area contributed by atoms with Crippen LogP contribution in [0.25, 0.3) is 0 Å². The third-order valence-electron chi connectivity index (χ3n) is 2.77. The third-order valence-corrected chi connectivity index (χ3v) is 2.77. The number of nitro groups is 1. The first-order valence-electron chi connectivity index (χ1n) is 6.38. The third kappa shape index (κ3) is 4.58. The van der Waals surface area contributed by atoms with Crippen LogP contribution in [0, 0.1) is 23.0 Å². The first kappa shape index (κ1) is 16.0. The molecule has 0 aliphatic rings. The molecule has 7 nitrogen and oxygen atoms in total. The number of aliphatic hydroxyl groups excluding tert-OH is 1. The molecule has 1 aromatic heterocycles. The maximum atomic E-state index is 11.9. The molecule has 2 N–H and O–H groups in total. The van der Waals surface area contributed by atoms with E-state index in [9.17, 15) is 20.0 Å². The van der Waals surface area contributed by atoms with E-state index in [2.05, 4.69) is 10.3 Å². The van der Waals surface area contributed by atoms with Gasteiger partial charge in [0.1, 0.15) is 6.20 Å². The number of nitrogens with zero attached hydrogens (tertiary/aromatic N) is 2. The summed E-state index contributed by atoms with van der Waals surface area (Å²) in [5.41, 5.74) is 0.325. The first-order valence-corrected chi connectivity index (χ1v) is 6.38. The smallest absolute Gasteiger partial charge is 0.288 e. The van der Waals surface area contributed by atoms with Gasteiger partial charge in [0.25, 0.3) is 11.6 Å². The molecule has 0 bridgehead atoms. The predicted molar refractivity (Wildman–Crippen MR) is 73.4 cm³/mol. The summed E-state index contributed by atoms with van der Waals surface area (Å²) in [6.07, 6.45) is 1.05. The van der Waals surface area contributed by atoms with Crippen LogP contribution in [0.15, 0.2) is 12.3 Å². The lowest BCUT2D eigenvalue weighted by atomic mass is 10.1. The molecular weight excluding hydrogens is 262 g/mol. The molecule has 7 heteroatoms. The molecule has 1 aromatic rings. The second-order valence-corrected chi connectivity index (χ2v) is 5.08.